The van der Waals surface area contributed by atoms with Crippen molar-refractivity contribution in [2.75, 3.05) is 18.1 Å². The fraction of sp³-hybridized carbons (Fsp3) is 0.267. The number of nitrogens with two attached hydrogens (primary N) is 1. The van der Waals surface area contributed by atoms with Crippen LogP contribution in [0.4, 0.5) is 5.13 Å². The number of carboxylic acids is 2. The van der Waals surface area contributed by atoms with Gasteiger partial charge in [0, 0.05) is 17.3 Å². The first-order chi connectivity index (χ1) is 14.2. The molecule has 2 aliphatic rings. The number of rotatable bonds is 8. The maximum absolute atomic E-state index is 12.7. The number of aliphatic carboxylic acids is 2. The van der Waals surface area contributed by atoms with Crippen LogP contribution in [0, 0.1) is 0 Å². The molecule has 3 heterocycles. The van der Waals surface area contributed by atoms with Crippen molar-refractivity contribution in [3.63, 3.8) is 0 Å². The molecule has 2 atom stereocenters. The van der Waals surface area contributed by atoms with Crippen LogP contribution in [0.3, 0.4) is 0 Å². The van der Waals surface area contributed by atoms with Gasteiger partial charge in [0.25, 0.3) is 11.8 Å². The summed E-state index contributed by atoms with van der Waals surface area (Å²) in [6, 6.07) is -1.04. The topological polar surface area (TPSA) is 197 Å². The standard InChI is InChI=1S/C15H14N6O7S2/c1-2-5-4-29-13-8(12(25)21(13)9(5)14(26)27)17-11(24)7(19-28-3-6(22)23)10-18-15(16)30-20-10/h2,8,13H,1,3-4H2,(H,17,24)(H,22,23)(H,26,27)(H2,16,18,20)/b19-7+/t8?,13-/m1/s1. The van der Waals surface area contributed by atoms with Gasteiger partial charge in [0.1, 0.15) is 17.1 Å². The van der Waals surface area contributed by atoms with Crippen LogP contribution in [-0.4, -0.2) is 77.7 Å². The highest BCUT2D eigenvalue weighted by molar-refractivity contribution is 8.00. The minimum atomic E-state index is -1.32. The van der Waals surface area contributed by atoms with E-state index in [2.05, 4.69) is 31.2 Å². The Labute approximate surface area is 176 Å². The highest BCUT2D eigenvalue weighted by atomic mass is 32.2. The molecule has 0 radical (unpaired) electrons. The monoisotopic (exact) mass is 454 g/mol. The molecule has 2 aliphatic heterocycles. The molecule has 3 rings (SSSR count). The fourth-order valence-electron chi connectivity index (χ4n) is 2.68. The number of nitrogen functional groups attached to an aromatic ring is 1. The third-order valence-electron chi connectivity index (χ3n) is 3.95. The van der Waals surface area contributed by atoms with E-state index in [1.54, 1.807) is 0 Å². The first-order valence-electron chi connectivity index (χ1n) is 8.10. The molecular formula is C15H14N6O7S2. The second-order valence-corrected chi connectivity index (χ2v) is 7.70. The van der Waals surface area contributed by atoms with E-state index >= 15 is 0 Å². The van der Waals surface area contributed by atoms with Gasteiger partial charge in [-0.15, -0.1) is 11.8 Å². The Balaban J connectivity index is 1.79. The van der Waals surface area contributed by atoms with Gasteiger partial charge in [-0.1, -0.05) is 17.8 Å². The minimum absolute atomic E-state index is 0.0330. The summed E-state index contributed by atoms with van der Waals surface area (Å²) in [5.74, 6) is -4.06. The van der Waals surface area contributed by atoms with Gasteiger partial charge in [0.15, 0.2) is 5.13 Å². The first kappa shape index (κ1) is 21.3. The lowest BCUT2D eigenvalue weighted by Crippen LogP contribution is -2.71. The number of aromatic nitrogens is 2. The fourth-order valence-corrected chi connectivity index (χ4v) is 4.45. The molecule has 0 saturated carbocycles. The average molecular weight is 454 g/mol. The average Bonchev–Trinajstić information content (AvgIpc) is 3.13. The lowest BCUT2D eigenvalue weighted by Gasteiger charge is -2.49. The number of nitrogens with zero attached hydrogens (tertiary/aromatic N) is 4. The van der Waals surface area contributed by atoms with Crippen LogP contribution in [0.2, 0.25) is 0 Å². The minimum Gasteiger partial charge on any atom is -0.479 e. The van der Waals surface area contributed by atoms with Gasteiger partial charge >= 0.3 is 11.9 Å². The Kier molecular flexibility index (Phi) is 6.02. The van der Waals surface area contributed by atoms with Crippen LogP contribution < -0.4 is 11.1 Å². The Hall–Kier alpha value is -3.46. The number of hydrogen-bond donors (Lipinski definition) is 4. The van der Waals surface area contributed by atoms with E-state index in [0.29, 0.717) is 11.3 Å². The summed E-state index contributed by atoms with van der Waals surface area (Å²) >= 11 is 2.03. The van der Waals surface area contributed by atoms with Crippen molar-refractivity contribution in [1.82, 2.24) is 19.6 Å². The number of carboxylic acid groups (broad SMARTS) is 2. The molecule has 0 bridgehead atoms. The Morgan fingerprint density at radius 3 is 2.73 bits per heavy atom. The molecule has 1 fully saturated rings. The van der Waals surface area contributed by atoms with Crippen molar-refractivity contribution in [1.29, 1.82) is 0 Å². The number of carbonyl (C=O) groups excluding carboxylic acids is 2. The molecule has 1 saturated heterocycles. The molecule has 15 heteroatoms. The van der Waals surface area contributed by atoms with Crippen LogP contribution >= 0.6 is 23.3 Å². The second kappa shape index (κ2) is 8.50. The van der Waals surface area contributed by atoms with Gasteiger partial charge in [-0.25, -0.2) is 9.59 Å². The van der Waals surface area contributed by atoms with Gasteiger partial charge < -0.3 is 26.1 Å². The number of hydrogen-bond acceptors (Lipinski definition) is 11. The molecule has 1 aromatic heterocycles. The highest BCUT2D eigenvalue weighted by Crippen LogP contribution is 2.40. The molecular weight excluding hydrogens is 440 g/mol. The molecule has 5 N–H and O–H groups in total. The summed E-state index contributed by atoms with van der Waals surface area (Å²) in [7, 11) is 0. The number of thioether (sulfide) groups is 1. The number of fused-ring (bicyclic) bond motifs is 1. The quantitative estimate of drug-likeness (QED) is 0.210. The number of allylic oxidation sites excluding steroid dienone is 1. The summed E-state index contributed by atoms with van der Waals surface area (Å²) in [5.41, 5.74) is 5.24. The van der Waals surface area contributed by atoms with Crippen LogP contribution in [0.25, 0.3) is 0 Å². The van der Waals surface area contributed by atoms with Crippen molar-refractivity contribution in [2.45, 2.75) is 11.4 Å². The SMILES string of the molecule is C=CC1=C(C(=O)O)N2C(=O)C(NC(=O)/C(=N/OCC(=O)O)c3nsc(N)n3)[C@H]2SC1. The second-order valence-electron chi connectivity index (χ2n) is 5.81. The van der Waals surface area contributed by atoms with E-state index in [9.17, 15) is 24.3 Å². The van der Waals surface area contributed by atoms with Crippen LogP contribution in [0.1, 0.15) is 5.82 Å². The normalized spacial score (nSPS) is 20.9. The Morgan fingerprint density at radius 1 is 1.43 bits per heavy atom. The van der Waals surface area contributed by atoms with E-state index in [1.807, 2.05) is 0 Å². The van der Waals surface area contributed by atoms with Crippen LogP contribution in [0.5, 0.6) is 0 Å². The van der Waals surface area contributed by atoms with E-state index in [-0.39, 0.29) is 16.7 Å². The smallest absolute Gasteiger partial charge is 0.352 e. The lowest BCUT2D eigenvalue weighted by atomic mass is 10.0. The summed E-state index contributed by atoms with van der Waals surface area (Å²) in [5, 5.41) is 23.4. The predicted octanol–water partition coefficient (Wildman–Crippen LogP) is -1.15. The molecule has 0 spiro atoms. The maximum Gasteiger partial charge on any atom is 0.352 e. The molecule has 13 nitrogen and oxygen atoms in total. The van der Waals surface area contributed by atoms with Crippen molar-refractivity contribution >= 4 is 57.9 Å². The number of nitrogens with one attached hydrogen (secondary N) is 1. The van der Waals surface area contributed by atoms with Crippen LogP contribution in [0.15, 0.2) is 29.1 Å². The third-order valence-corrected chi connectivity index (χ3v) is 5.79. The molecule has 158 valence electrons. The molecule has 1 aromatic rings. The van der Waals surface area contributed by atoms with Gasteiger partial charge in [0.2, 0.25) is 18.1 Å². The van der Waals surface area contributed by atoms with E-state index < -0.39 is 47.5 Å². The lowest BCUT2D eigenvalue weighted by molar-refractivity contribution is -0.150. The third kappa shape index (κ3) is 3.97. The summed E-state index contributed by atoms with van der Waals surface area (Å²) < 4.78 is 3.83. The zero-order valence-electron chi connectivity index (χ0n) is 15.0. The summed E-state index contributed by atoms with van der Waals surface area (Å²) in [4.78, 5) is 56.9. The molecule has 2 amide bonds. The number of carbonyl (C=O) groups is 4. The number of oxime groups is 1. The Bertz CT molecular complexity index is 1000. The van der Waals surface area contributed by atoms with Crippen molar-refractivity contribution in [3.05, 3.63) is 29.7 Å². The largest absolute Gasteiger partial charge is 0.479 e. The van der Waals surface area contributed by atoms with Crippen molar-refractivity contribution in [3.8, 4) is 0 Å². The zero-order valence-corrected chi connectivity index (χ0v) is 16.6. The van der Waals surface area contributed by atoms with E-state index in [1.165, 1.54) is 17.8 Å². The predicted molar refractivity (Wildman–Crippen MR) is 104 cm³/mol. The van der Waals surface area contributed by atoms with Gasteiger partial charge in [-0.05, 0) is 5.57 Å². The number of amides is 2. The van der Waals surface area contributed by atoms with Gasteiger partial charge in [-0.2, -0.15) is 9.36 Å². The maximum atomic E-state index is 12.7. The van der Waals surface area contributed by atoms with Gasteiger partial charge in [0.05, 0.1) is 0 Å². The number of β-lactam (4-membered cyclic amide) rings is 1. The number of anilines is 1. The molecule has 30 heavy (non-hydrogen) atoms. The highest BCUT2D eigenvalue weighted by Gasteiger charge is 2.54. The van der Waals surface area contributed by atoms with E-state index in [4.69, 9.17) is 10.8 Å². The van der Waals surface area contributed by atoms with Crippen molar-refractivity contribution < 1.29 is 34.2 Å². The van der Waals surface area contributed by atoms with E-state index in [0.717, 1.165) is 16.4 Å². The molecule has 0 aliphatic carbocycles. The van der Waals surface area contributed by atoms with Crippen LogP contribution in [-0.2, 0) is 24.0 Å². The van der Waals surface area contributed by atoms with Gasteiger partial charge in [-0.3, -0.25) is 14.5 Å². The first-order valence-corrected chi connectivity index (χ1v) is 9.92. The zero-order chi connectivity index (χ0) is 22.0. The summed E-state index contributed by atoms with van der Waals surface area (Å²) in [6.07, 6.45) is 1.37. The molecule has 0 aromatic carbocycles. The molecule has 1 unspecified atom stereocenters. The summed E-state index contributed by atoms with van der Waals surface area (Å²) in [6.45, 7) is 2.74. The Morgan fingerprint density at radius 2 is 2.17 bits per heavy atom. The van der Waals surface area contributed by atoms with Crippen molar-refractivity contribution in [2.24, 2.45) is 5.16 Å².